The van der Waals surface area contributed by atoms with Gasteiger partial charge in [0.05, 0.1) is 0 Å². The fourth-order valence-electron chi connectivity index (χ4n) is 4.95. The molecule has 0 aliphatic heterocycles. The second kappa shape index (κ2) is 8.96. The number of allylic oxidation sites excluding steroid dienone is 2. The van der Waals surface area contributed by atoms with Crippen LogP contribution in [0.4, 0.5) is 8.78 Å². The summed E-state index contributed by atoms with van der Waals surface area (Å²) in [5.74, 6) is 1.53. The Morgan fingerprint density at radius 1 is 0.880 bits per heavy atom. The summed E-state index contributed by atoms with van der Waals surface area (Å²) in [4.78, 5) is 0. The van der Waals surface area contributed by atoms with Crippen molar-refractivity contribution < 1.29 is 8.78 Å². The Bertz CT molecular complexity index is 561. The van der Waals surface area contributed by atoms with Gasteiger partial charge in [-0.1, -0.05) is 31.6 Å². The summed E-state index contributed by atoms with van der Waals surface area (Å²) < 4.78 is 26.6. The lowest BCUT2D eigenvalue weighted by molar-refractivity contribution is 0.171. The first-order valence-corrected chi connectivity index (χ1v) is 10.3. The molecule has 138 valence electrons. The van der Waals surface area contributed by atoms with Crippen LogP contribution in [0.1, 0.15) is 82.6 Å². The van der Waals surface area contributed by atoms with Crippen LogP contribution in [0.5, 0.6) is 0 Å². The van der Waals surface area contributed by atoms with Crippen molar-refractivity contribution in [1.29, 1.82) is 0 Å². The summed E-state index contributed by atoms with van der Waals surface area (Å²) in [5, 5.41) is 0. The highest BCUT2D eigenvalue weighted by Crippen LogP contribution is 2.44. The number of benzene rings is 1. The predicted molar refractivity (Wildman–Crippen MR) is 101 cm³/mol. The van der Waals surface area contributed by atoms with E-state index in [-0.39, 0.29) is 0 Å². The zero-order chi connectivity index (χ0) is 17.6. The molecule has 0 N–H and O–H groups in total. The van der Waals surface area contributed by atoms with Crippen molar-refractivity contribution >= 4 is 0 Å². The van der Waals surface area contributed by atoms with Gasteiger partial charge in [-0.25, -0.2) is 8.78 Å². The van der Waals surface area contributed by atoms with Crippen LogP contribution in [-0.2, 0) is 0 Å². The number of rotatable bonds is 5. The van der Waals surface area contributed by atoms with Crippen molar-refractivity contribution in [2.75, 3.05) is 0 Å². The second-order valence-electron chi connectivity index (χ2n) is 8.18. The SMILES string of the molecule is CCCC=C[C@H]1CC[C@H]([C@H]2CC[C@H](c3ccc(F)c(F)c3)CC2)CC1. The first-order chi connectivity index (χ1) is 12.2. The van der Waals surface area contributed by atoms with Crippen LogP contribution in [0.2, 0.25) is 0 Å². The number of hydrogen-bond donors (Lipinski definition) is 0. The molecule has 1 aromatic rings. The molecular formula is C23H32F2. The van der Waals surface area contributed by atoms with Gasteiger partial charge in [-0.05, 0) is 99.2 Å². The molecule has 0 saturated heterocycles. The molecule has 0 unspecified atom stereocenters. The van der Waals surface area contributed by atoms with Gasteiger partial charge in [-0.3, -0.25) is 0 Å². The summed E-state index contributed by atoms with van der Waals surface area (Å²) in [6.07, 6.45) is 17.5. The first-order valence-electron chi connectivity index (χ1n) is 10.3. The number of unbranched alkanes of at least 4 members (excludes halogenated alkanes) is 1. The Morgan fingerprint density at radius 3 is 2.12 bits per heavy atom. The van der Waals surface area contributed by atoms with Gasteiger partial charge in [0.25, 0.3) is 0 Å². The van der Waals surface area contributed by atoms with Crippen molar-refractivity contribution in [3.8, 4) is 0 Å². The molecule has 0 amide bonds. The normalized spacial score (nSPS) is 30.7. The van der Waals surface area contributed by atoms with Gasteiger partial charge in [0.15, 0.2) is 11.6 Å². The van der Waals surface area contributed by atoms with E-state index in [2.05, 4.69) is 19.1 Å². The van der Waals surface area contributed by atoms with E-state index in [1.807, 2.05) is 0 Å². The van der Waals surface area contributed by atoms with Crippen molar-refractivity contribution in [1.82, 2.24) is 0 Å². The average Bonchev–Trinajstić information content (AvgIpc) is 2.65. The summed E-state index contributed by atoms with van der Waals surface area (Å²) in [6, 6.07) is 4.47. The summed E-state index contributed by atoms with van der Waals surface area (Å²) in [6.45, 7) is 2.23. The molecule has 2 heteroatoms. The zero-order valence-electron chi connectivity index (χ0n) is 15.5. The molecule has 0 aromatic heterocycles. The monoisotopic (exact) mass is 346 g/mol. The topological polar surface area (TPSA) is 0 Å². The summed E-state index contributed by atoms with van der Waals surface area (Å²) >= 11 is 0. The van der Waals surface area contributed by atoms with Crippen LogP contribution in [0.15, 0.2) is 30.4 Å². The summed E-state index contributed by atoms with van der Waals surface area (Å²) in [5.41, 5.74) is 0.988. The predicted octanol–water partition coefficient (Wildman–Crippen LogP) is 7.40. The second-order valence-corrected chi connectivity index (χ2v) is 8.18. The Labute approximate surface area is 151 Å². The lowest BCUT2D eigenvalue weighted by Gasteiger charge is -2.37. The molecule has 0 spiro atoms. The number of halogens is 2. The lowest BCUT2D eigenvalue weighted by Crippen LogP contribution is -2.25. The quantitative estimate of drug-likeness (QED) is 0.487. The molecule has 1 aromatic carbocycles. The van der Waals surface area contributed by atoms with E-state index in [4.69, 9.17) is 0 Å². The maximum absolute atomic E-state index is 13.5. The molecule has 0 nitrogen and oxygen atoms in total. The Hall–Kier alpha value is -1.18. The third kappa shape index (κ3) is 4.92. The Balaban J connectivity index is 1.46. The van der Waals surface area contributed by atoms with Gasteiger partial charge < -0.3 is 0 Å². The fourth-order valence-corrected chi connectivity index (χ4v) is 4.95. The van der Waals surface area contributed by atoms with E-state index in [1.165, 1.54) is 63.5 Å². The van der Waals surface area contributed by atoms with E-state index in [1.54, 1.807) is 6.07 Å². The van der Waals surface area contributed by atoms with Crippen LogP contribution >= 0.6 is 0 Å². The fraction of sp³-hybridized carbons (Fsp3) is 0.652. The maximum Gasteiger partial charge on any atom is 0.159 e. The van der Waals surface area contributed by atoms with Crippen LogP contribution in [0, 0.1) is 29.4 Å². The Kier molecular flexibility index (Phi) is 6.67. The maximum atomic E-state index is 13.5. The zero-order valence-corrected chi connectivity index (χ0v) is 15.5. The average molecular weight is 347 g/mol. The smallest absolute Gasteiger partial charge is 0.159 e. The largest absolute Gasteiger partial charge is 0.204 e. The molecule has 2 fully saturated rings. The highest BCUT2D eigenvalue weighted by molar-refractivity contribution is 5.22. The minimum absolute atomic E-state index is 0.416. The highest BCUT2D eigenvalue weighted by Gasteiger charge is 2.30. The molecular weight excluding hydrogens is 314 g/mol. The molecule has 2 aliphatic carbocycles. The standard InChI is InChI=1S/C23H32F2/c1-2-3-4-5-17-6-8-18(9-7-17)19-10-12-20(13-11-19)21-14-15-22(24)23(25)16-21/h4-5,14-20H,2-3,6-13H2,1H3/t17-,18-,19-,20-. The lowest BCUT2D eigenvalue weighted by atomic mass is 9.68. The van der Waals surface area contributed by atoms with E-state index >= 15 is 0 Å². The molecule has 3 rings (SSSR count). The van der Waals surface area contributed by atoms with E-state index in [0.717, 1.165) is 36.2 Å². The van der Waals surface area contributed by atoms with Crippen molar-refractivity contribution in [2.24, 2.45) is 17.8 Å². The van der Waals surface area contributed by atoms with E-state index < -0.39 is 11.6 Å². The van der Waals surface area contributed by atoms with Gasteiger partial charge in [0, 0.05) is 0 Å². The van der Waals surface area contributed by atoms with E-state index in [0.29, 0.717) is 5.92 Å². The molecule has 2 aliphatic rings. The van der Waals surface area contributed by atoms with Crippen LogP contribution in [-0.4, -0.2) is 0 Å². The van der Waals surface area contributed by atoms with Gasteiger partial charge in [-0.15, -0.1) is 0 Å². The van der Waals surface area contributed by atoms with Crippen molar-refractivity contribution in [3.63, 3.8) is 0 Å². The van der Waals surface area contributed by atoms with Crippen molar-refractivity contribution in [3.05, 3.63) is 47.5 Å². The van der Waals surface area contributed by atoms with Gasteiger partial charge in [0.1, 0.15) is 0 Å². The molecule has 2 saturated carbocycles. The Morgan fingerprint density at radius 2 is 1.52 bits per heavy atom. The highest BCUT2D eigenvalue weighted by atomic mass is 19.2. The number of hydrogen-bond acceptors (Lipinski definition) is 0. The molecule has 0 radical (unpaired) electrons. The van der Waals surface area contributed by atoms with Crippen LogP contribution in [0.3, 0.4) is 0 Å². The minimum Gasteiger partial charge on any atom is -0.204 e. The van der Waals surface area contributed by atoms with Gasteiger partial charge >= 0.3 is 0 Å². The molecule has 0 heterocycles. The molecule has 0 bridgehead atoms. The van der Waals surface area contributed by atoms with E-state index in [9.17, 15) is 8.78 Å². The van der Waals surface area contributed by atoms with Gasteiger partial charge in [0.2, 0.25) is 0 Å². The molecule has 0 atom stereocenters. The van der Waals surface area contributed by atoms with Gasteiger partial charge in [-0.2, -0.15) is 0 Å². The third-order valence-electron chi connectivity index (χ3n) is 6.53. The third-order valence-corrected chi connectivity index (χ3v) is 6.53. The summed E-state index contributed by atoms with van der Waals surface area (Å²) in [7, 11) is 0. The molecule has 25 heavy (non-hydrogen) atoms. The van der Waals surface area contributed by atoms with Crippen LogP contribution < -0.4 is 0 Å². The van der Waals surface area contributed by atoms with Crippen LogP contribution in [0.25, 0.3) is 0 Å². The minimum atomic E-state index is -0.734. The first kappa shape index (κ1) is 18.6. The van der Waals surface area contributed by atoms with Crippen molar-refractivity contribution in [2.45, 2.75) is 77.0 Å².